The van der Waals surface area contributed by atoms with Crippen LogP contribution < -0.4 is 4.74 Å². The zero-order chi connectivity index (χ0) is 12.3. The van der Waals surface area contributed by atoms with Crippen LogP contribution in [-0.2, 0) is 6.61 Å². The van der Waals surface area contributed by atoms with Crippen LogP contribution in [-0.4, -0.2) is 0 Å². The lowest BCUT2D eigenvalue weighted by Crippen LogP contribution is -1.96. The first-order valence-corrected chi connectivity index (χ1v) is 6.08. The first-order chi connectivity index (χ1) is 8.15. The van der Waals surface area contributed by atoms with Crippen molar-refractivity contribution in [3.63, 3.8) is 0 Å². The predicted molar refractivity (Wildman–Crippen MR) is 69.6 cm³/mol. The van der Waals surface area contributed by atoms with E-state index in [0.717, 1.165) is 5.56 Å². The second kappa shape index (κ2) is 5.32. The first-order valence-electron chi connectivity index (χ1n) is 5.28. The molecule has 1 nitrogen and oxygen atoms in total. The van der Waals surface area contributed by atoms with Crippen LogP contribution in [0.4, 0.5) is 4.39 Å². The van der Waals surface area contributed by atoms with E-state index in [1.54, 1.807) is 12.1 Å². The lowest BCUT2D eigenvalue weighted by Gasteiger charge is -2.07. The number of aryl methyl sites for hydroxylation is 1. The summed E-state index contributed by atoms with van der Waals surface area (Å²) in [6.45, 7) is 2.48. The standard InChI is InChI=1S/C14H12BrFO/c1-10-3-2-4-11(7-10)9-17-12-5-6-13(15)14(16)8-12/h2-8H,9H2,1H3. The molecule has 0 bridgehead atoms. The molecule has 0 fully saturated rings. The molecule has 0 aliphatic carbocycles. The van der Waals surface area contributed by atoms with Gasteiger partial charge in [0, 0.05) is 6.07 Å². The van der Waals surface area contributed by atoms with Gasteiger partial charge in [0.1, 0.15) is 18.2 Å². The van der Waals surface area contributed by atoms with Crippen molar-refractivity contribution in [1.29, 1.82) is 0 Å². The Morgan fingerprint density at radius 3 is 2.71 bits per heavy atom. The maximum atomic E-state index is 13.2. The third kappa shape index (κ3) is 3.30. The van der Waals surface area contributed by atoms with Crippen LogP contribution in [0.2, 0.25) is 0 Å². The van der Waals surface area contributed by atoms with Crippen LogP contribution in [0.3, 0.4) is 0 Å². The highest BCUT2D eigenvalue weighted by Crippen LogP contribution is 2.21. The number of rotatable bonds is 3. The number of halogens is 2. The average Bonchev–Trinajstić information content (AvgIpc) is 2.31. The molecule has 2 aromatic carbocycles. The zero-order valence-electron chi connectivity index (χ0n) is 9.41. The van der Waals surface area contributed by atoms with Gasteiger partial charge in [0.2, 0.25) is 0 Å². The summed E-state index contributed by atoms with van der Waals surface area (Å²) < 4.78 is 19.2. The Morgan fingerprint density at radius 2 is 2.00 bits per heavy atom. The highest BCUT2D eigenvalue weighted by atomic mass is 79.9. The molecule has 0 aliphatic heterocycles. The number of benzene rings is 2. The summed E-state index contributed by atoms with van der Waals surface area (Å²) in [4.78, 5) is 0. The van der Waals surface area contributed by atoms with Crippen molar-refractivity contribution in [2.24, 2.45) is 0 Å². The van der Waals surface area contributed by atoms with Gasteiger partial charge in [0.25, 0.3) is 0 Å². The molecule has 0 N–H and O–H groups in total. The second-order valence-electron chi connectivity index (χ2n) is 3.85. The van der Waals surface area contributed by atoms with E-state index < -0.39 is 0 Å². The highest BCUT2D eigenvalue weighted by Gasteiger charge is 2.01. The fourth-order valence-electron chi connectivity index (χ4n) is 1.54. The van der Waals surface area contributed by atoms with Gasteiger partial charge in [0.15, 0.2) is 0 Å². The van der Waals surface area contributed by atoms with Crippen LogP contribution in [0.1, 0.15) is 11.1 Å². The fraction of sp³-hybridized carbons (Fsp3) is 0.143. The van der Waals surface area contributed by atoms with Crippen molar-refractivity contribution < 1.29 is 9.13 Å². The SMILES string of the molecule is Cc1cccc(COc2ccc(Br)c(F)c2)c1. The van der Waals surface area contributed by atoms with Crippen molar-refractivity contribution in [2.75, 3.05) is 0 Å². The molecule has 0 radical (unpaired) electrons. The predicted octanol–water partition coefficient (Wildman–Crippen LogP) is 4.48. The van der Waals surface area contributed by atoms with Crippen molar-refractivity contribution >= 4 is 15.9 Å². The third-order valence-electron chi connectivity index (χ3n) is 2.38. The topological polar surface area (TPSA) is 9.23 Å². The number of hydrogen-bond acceptors (Lipinski definition) is 1. The minimum atomic E-state index is -0.313. The summed E-state index contributed by atoms with van der Waals surface area (Å²) in [7, 11) is 0. The van der Waals surface area contributed by atoms with Crippen LogP contribution in [0.15, 0.2) is 46.9 Å². The number of ether oxygens (including phenoxy) is 1. The summed E-state index contributed by atoms with van der Waals surface area (Å²) in [5, 5.41) is 0. The van der Waals surface area contributed by atoms with E-state index in [-0.39, 0.29) is 5.82 Å². The molecule has 2 aromatic rings. The maximum Gasteiger partial charge on any atom is 0.141 e. The summed E-state index contributed by atoms with van der Waals surface area (Å²) in [6, 6.07) is 12.8. The van der Waals surface area contributed by atoms with E-state index in [4.69, 9.17) is 4.74 Å². The fourth-order valence-corrected chi connectivity index (χ4v) is 1.78. The van der Waals surface area contributed by atoms with E-state index in [1.165, 1.54) is 11.6 Å². The van der Waals surface area contributed by atoms with E-state index in [9.17, 15) is 4.39 Å². The molecule has 0 spiro atoms. The molecule has 17 heavy (non-hydrogen) atoms. The smallest absolute Gasteiger partial charge is 0.141 e. The molecule has 3 heteroatoms. The molecule has 0 aliphatic rings. The Bertz CT molecular complexity index is 525. The van der Waals surface area contributed by atoms with Crippen LogP contribution in [0, 0.1) is 12.7 Å². The molecular formula is C14H12BrFO. The molecule has 0 unspecified atom stereocenters. The quantitative estimate of drug-likeness (QED) is 0.811. The first kappa shape index (κ1) is 12.1. The second-order valence-corrected chi connectivity index (χ2v) is 4.71. The Labute approximate surface area is 108 Å². The lowest BCUT2D eigenvalue weighted by atomic mass is 10.1. The molecule has 2 rings (SSSR count). The van der Waals surface area contributed by atoms with Gasteiger partial charge in [-0.05, 0) is 40.5 Å². The Balaban J connectivity index is 2.05. The highest BCUT2D eigenvalue weighted by molar-refractivity contribution is 9.10. The largest absolute Gasteiger partial charge is 0.489 e. The Kier molecular flexibility index (Phi) is 3.79. The summed E-state index contributed by atoms with van der Waals surface area (Å²) >= 11 is 3.10. The van der Waals surface area contributed by atoms with E-state index in [0.29, 0.717) is 16.8 Å². The molecule has 0 saturated heterocycles. The van der Waals surface area contributed by atoms with E-state index >= 15 is 0 Å². The van der Waals surface area contributed by atoms with Gasteiger partial charge in [0.05, 0.1) is 4.47 Å². The molecule has 0 saturated carbocycles. The summed E-state index contributed by atoms with van der Waals surface area (Å²) in [5.74, 6) is 0.221. The third-order valence-corrected chi connectivity index (χ3v) is 3.02. The van der Waals surface area contributed by atoms with Gasteiger partial charge >= 0.3 is 0 Å². The average molecular weight is 295 g/mol. The van der Waals surface area contributed by atoms with Gasteiger partial charge in [-0.2, -0.15) is 0 Å². The van der Waals surface area contributed by atoms with Crippen LogP contribution in [0.5, 0.6) is 5.75 Å². The molecule has 88 valence electrons. The summed E-state index contributed by atoms with van der Waals surface area (Å²) in [5.41, 5.74) is 2.27. The number of hydrogen-bond donors (Lipinski definition) is 0. The molecule has 0 heterocycles. The van der Waals surface area contributed by atoms with Crippen LogP contribution in [0.25, 0.3) is 0 Å². The maximum absolute atomic E-state index is 13.2. The van der Waals surface area contributed by atoms with E-state index in [2.05, 4.69) is 22.0 Å². The van der Waals surface area contributed by atoms with Gasteiger partial charge in [-0.25, -0.2) is 4.39 Å². The lowest BCUT2D eigenvalue weighted by molar-refractivity contribution is 0.304. The summed E-state index contributed by atoms with van der Waals surface area (Å²) in [6.07, 6.45) is 0. The molecular weight excluding hydrogens is 283 g/mol. The van der Waals surface area contributed by atoms with Gasteiger partial charge in [-0.1, -0.05) is 29.8 Å². The van der Waals surface area contributed by atoms with Gasteiger partial charge in [-0.3, -0.25) is 0 Å². The molecule has 0 aromatic heterocycles. The minimum Gasteiger partial charge on any atom is -0.489 e. The van der Waals surface area contributed by atoms with Crippen molar-refractivity contribution in [2.45, 2.75) is 13.5 Å². The van der Waals surface area contributed by atoms with Crippen LogP contribution >= 0.6 is 15.9 Å². The Morgan fingerprint density at radius 1 is 1.18 bits per heavy atom. The minimum absolute atomic E-state index is 0.313. The van der Waals surface area contributed by atoms with Crippen molar-refractivity contribution in [3.8, 4) is 5.75 Å². The molecule has 0 atom stereocenters. The molecule has 0 amide bonds. The van der Waals surface area contributed by atoms with Crippen molar-refractivity contribution in [1.82, 2.24) is 0 Å². The monoisotopic (exact) mass is 294 g/mol. The van der Waals surface area contributed by atoms with E-state index in [1.807, 2.05) is 25.1 Å². The van der Waals surface area contributed by atoms with Crippen molar-refractivity contribution in [3.05, 3.63) is 63.9 Å². The zero-order valence-corrected chi connectivity index (χ0v) is 11.0. The van der Waals surface area contributed by atoms with Gasteiger partial charge in [-0.15, -0.1) is 0 Å². The normalized spacial score (nSPS) is 10.3. The Hall–Kier alpha value is -1.35. The van der Waals surface area contributed by atoms with Gasteiger partial charge < -0.3 is 4.74 Å².